The van der Waals surface area contributed by atoms with Crippen LogP contribution in [0.15, 0.2) is 22.1 Å². The van der Waals surface area contributed by atoms with Gasteiger partial charge in [-0.15, -0.1) is 0 Å². The predicted molar refractivity (Wildman–Crippen MR) is 97.5 cm³/mol. The average molecular weight is 395 g/mol. The number of hydrogen-bond acceptors (Lipinski definition) is 6. The Balaban J connectivity index is 1.60. The van der Waals surface area contributed by atoms with Gasteiger partial charge < -0.3 is 14.0 Å². The molecule has 1 amide bonds. The molecule has 3 rings (SSSR count). The van der Waals surface area contributed by atoms with Crippen LogP contribution in [-0.2, 0) is 28.3 Å². The minimum atomic E-state index is -3.63. The first kappa shape index (κ1) is 19.6. The molecule has 0 bridgehead atoms. The summed E-state index contributed by atoms with van der Waals surface area (Å²) in [6, 6.07) is 0. The Labute approximate surface area is 159 Å². The largest absolute Gasteiger partial charge is 0.361 e. The molecule has 27 heavy (non-hydrogen) atoms. The molecular weight excluding hydrogens is 370 g/mol. The van der Waals surface area contributed by atoms with Crippen LogP contribution in [0.1, 0.15) is 29.9 Å². The smallest absolute Gasteiger partial charge is 0.262 e. The number of rotatable bonds is 5. The van der Waals surface area contributed by atoms with Gasteiger partial charge in [-0.1, -0.05) is 5.16 Å². The van der Waals surface area contributed by atoms with E-state index in [4.69, 9.17) is 4.52 Å². The van der Waals surface area contributed by atoms with Crippen LogP contribution in [0.4, 0.5) is 0 Å². The van der Waals surface area contributed by atoms with Crippen LogP contribution >= 0.6 is 0 Å². The molecule has 1 aliphatic heterocycles. The van der Waals surface area contributed by atoms with E-state index in [0.717, 1.165) is 17.0 Å². The summed E-state index contributed by atoms with van der Waals surface area (Å²) in [5.41, 5.74) is 1.78. The number of imidazole rings is 1. The van der Waals surface area contributed by atoms with Crippen LogP contribution in [0.25, 0.3) is 0 Å². The van der Waals surface area contributed by atoms with Crippen molar-refractivity contribution in [3.63, 3.8) is 0 Å². The van der Waals surface area contributed by atoms with Crippen LogP contribution < -0.4 is 0 Å². The van der Waals surface area contributed by atoms with Gasteiger partial charge in [-0.05, 0) is 26.7 Å². The molecule has 0 spiro atoms. The summed E-state index contributed by atoms with van der Waals surface area (Å²) in [7, 11) is -1.90. The van der Waals surface area contributed by atoms with E-state index >= 15 is 0 Å². The number of hydrogen-bond donors (Lipinski definition) is 0. The van der Waals surface area contributed by atoms with Crippen molar-refractivity contribution in [3.8, 4) is 0 Å². The molecule has 1 fully saturated rings. The molecule has 0 radical (unpaired) electrons. The van der Waals surface area contributed by atoms with Crippen LogP contribution in [0.5, 0.6) is 0 Å². The van der Waals surface area contributed by atoms with E-state index in [9.17, 15) is 13.2 Å². The van der Waals surface area contributed by atoms with Crippen molar-refractivity contribution >= 4 is 15.9 Å². The van der Waals surface area contributed by atoms with Crippen molar-refractivity contribution in [2.45, 2.75) is 38.1 Å². The number of carbonyl (C=O) groups is 1. The van der Waals surface area contributed by atoms with Crippen molar-refractivity contribution < 1.29 is 17.7 Å². The van der Waals surface area contributed by atoms with Crippen LogP contribution in [0.2, 0.25) is 0 Å². The first-order valence-corrected chi connectivity index (χ1v) is 10.4. The highest BCUT2D eigenvalue weighted by molar-refractivity contribution is 7.89. The second-order valence-electron chi connectivity index (χ2n) is 6.82. The molecule has 0 aromatic carbocycles. The van der Waals surface area contributed by atoms with Gasteiger partial charge in [-0.2, -0.15) is 4.31 Å². The van der Waals surface area contributed by atoms with E-state index in [1.807, 2.05) is 13.8 Å². The van der Waals surface area contributed by atoms with Gasteiger partial charge in [-0.3, -0.25) is 4.79 Å². The Morgan fingerprint density at radius 1 is 1.22 bits per heavy atom. The van der Waals surface area contributed by atoms with Crippen LogP contribution in [0.3, 0.4) is 0 Å². The monoisotopic (exact) mass is 395 g/mol. The lowest BCUT2D eigenvalue weighted by Gasteiger charge is -2.21. The maximum absolute atomic E-state index is 12.7. The molecule has 0 aliphatic carbocycles. The third-order valence-electron chi connectivity index (χ3n) is 4.86. The zero-order chi connectivity index (χ0) is 19.6. The molecule has 2 aromatic heterocycles. The first-order valence-electron chi connectivity index (χ1n) is 8.96. The Morgan fingerprint density at radius 3 is 2.63 bits per heavy atom. The van der Waals surface area contributed by atoms with E-state index in [1.165, 1.54) is 16.8 Å². The number of amides is 1. The molecule has 2 aromatic rings. The molecule has 0 unspecified atom stereocenters. The molecule has 148 valence electrons. The molecular formula is C17H25N5O4S. The third-order valence-corrected chi connectivity index (χ3v) is 6.65. The first-order chi connectivity index (χ1) is 12.8. The maximum atomic E-state index is 12.7. The standard InChI is InChI=1S/C17H25N5O4S/c1-13-15(14(2)26-19-13)5-6-17(23)21-7-4-8-22(10-9-21)27(24,25)16-11-20(3)12-18-16/h11-12H,4-10H2,1-3H3. The van der Waals surface area contributed by atoms with Crippen molar-refractivity contribution in [2.75, 3.05) is 26.2 Å². The van der Waals surface area contributed by atoms with Gasteiger partial charge in [0.25, 0.3) is 10.0 Å². The lowest BCUT2D eigenvalue weighted by atomic mass is 10.1. The van der Waals surface area contributed by atoms with Gasteiger partial charge in [0.15, 0.2) is 5.03 Å². The fourth-order valence-electron chi connectivity index (χ4n) is 3.29. The molecule has 1 aliphatic rings. The molecule has 0 N–H and O–H groups in total. The number of nitrogens with zero attached hydrogens (tertiary/aromatic N) is 5. The van der Waals surface area contributed by atoms with Gasteiger partial charge in [0, 0.05) is 51.4 Å². The summed E-state index contributed by atoms with van der Waals surface area (Å²) in [5.74, 6) is 0.760. The SMILES string of the molecule is Cc1noc(C)c1CCC(=O)N1CCCN(S(=O)(=O)c2cn(C)cn2)CC1. The van der Waals surface area contributed by atoms with Crippen molar-refractivity contribution in [2.24, 2.45) is 7.05 Å². The minimum absolute atomic E-state index is 0.0204. The van der Waals surface area contributed by atoms with Gasteiger partial charge in [0.05, 0.1) is 12.0 Å². The minimum Gasteiger partial charge on any atom is -0.361 e. The van der Waals surface area contributed by atoms with E-state index in [-0.39, 0.29) is 17.5 Å². The molecule has 9 nitrogen and oxygen atoms in total. The highest BCUT2D eigenvalue weighted by atomic mass is 32.2. The molecule has 0 atom stereocenters. The summed E-state index contributed by atoms with van der Waals surface area (Å²) < 4.78 is 33.6. The highest BCUT2D eigenvalue weighted by Crippen LogP contribution is 2.18. The van der Waals surface area contributed by atoms with Crippen molar-refractivity contribution in [1.29, 1.82) is 0 Å². The predicted octanol–water partition coefficient (Wildman–Crippen LogP) is 0.881. The summed E-state index contributed by atoms with van der Waals surface area (Å²) in [6.07, 6.45) is 4.49. The highest BCUT2D eigenvalue weighted by Gasteiger charge is 2.29. The number of aryl methyl sites for hydroxylation is 3. The Bertz CT molecular complexity index is 898. The molecule has 10 heteroatoms. The summed E-state index contributed by atoms with van der Waals surface area (Å²) in [5, 5.41) is 3.95. The summed E-state index contributed by atoms with van der Waals surface area (Å²) in [4.78, 5) is 18.3. The normalized spacial score (nSPS) is 16.5. The van der Waals surface area contributed by atoms with Gasteiger partial charge in [0.1, 0.15) is 5.76 Å². The third kappa shape index (κ3) is 4.22. The fraction of sp³-hybridized carbons (Fsp3) is 0.588. The van der Waals surface area contributed by atoms with Crippen LogP contribution in [-0.4, -0.2) is 64.4 Å². The fourth-order valence-corrected chi connectivity index (χ4v) is 4.72. The molecule has 3 heterocycles. The molecule has 0 saturated carbocycles. The van der Waals surface area contributed by atoms with Gasteiger partial charge in [0.2, 0.25) is 5.91 Å². The lowest BCUT2D eigenvalue weighted by molar-refractivity contribution is -0.131. The summed E-state index contributed by atoms with van der Waals surface area (Å²) >= 11 is 0. The Morgan fingerprint density at radius 2 is 2.00 bits per heavy atom. The van der Waals surface area contributed by atoms with E-state index < -0.39 is 10.0 Å². The summed E-state index contributed by atoms with van der Waals surface area (Å²) in [6.45, 7) is 5.29. The van der Waals surface area contributed by atoms with Crippen LogP contribution in [0, 0.1) is 13.8 Å². The van der Waals surface area contributed by atoms with Gasteiger partial charge >= 0.3 is 0 Å². The topological polar surface area (TPSA) is 102 Å². The van der Waals surface area contributed by atoms with Crippen molar-refractivity contribution in [3.05, 3.63) is 29.5 Å². The number of carbonyl (C=O) groups excluding carboxylic acids is 1. The van der Waals surface area contributed by atoms with E-state index in [1.54, 1.807) is 16.5 Å². The van der Waals surface area contributed by atoms with E-state index in [2.05, 4.69) is 10.1 Å². The second kappa shape index (κ2) is 7.81. The quantitative estimate of drug-likeness (QED) is 0.745. The zero-order valence-corrected chi connectivity index (χ0v) is 16.7. The number of aromatic nitrogens is 3. The average Bonchev–Trinajstić information content (AvgIpc) is 3.09. The zero-order valence-electron chi connectivity index (χ0n) is 15.9. The number of sulfonamides is 1. The lowest BCUT2D eigenvalue weighted by Crippen LogP contribution is -2.37. The Kier molecular flexibility index (Phi) is 5.66. The van der Waals surface area contributed by atoms with Gasteiger partial charge in [-0.25, -0.2) is 13.4 Å². The maximum Gasteiger partial charge on any atom is 0.262 e. The van der Waals surface area contributed by atoms with Crippen molar-refractivity contribution in [1.82, 2.24) is 23.9 Å². The Hall–Kier alpha value is -2.20. The second-order valence-corrected chi connectivity index (χ2v) is 8.70. The molecule has 1 saturated heterocycles. The van der Waals surface area contributed by atoms with E-state index in [0.29, 0.717) is 38.9 Å².